The minimum atomic E-state index is -0.128. The largest absolute Gasteiger partial charge is 0.477 e. The van der Waals surface area contributed by atoms with Crippen LogP contribution in [0.15, 0.2) is 12.4 Å². The topological polar surface area (TPSA) is 82.4 Å². The van der Waals surface area contributed by atoms with Crippen LogP contribution in [0, 0.1) is 13.8 Å². The quantitative estimate of drug-likeness (QED) is 0.835. The van der Waals surface area contributed by atoms with Crippen molar-refractivity contribution in [1.82, 2.24) is 24.6 Å². The molecule has 24 heavy (non-hydrogen) atoms. The minimum absolute atomic E-state index is 0.00434. The summed E-state index contributed by atoms with van der Waals surface area (Å²) in [7, 11) is 3.37. The summed E-state index contributed by atoms with van der Waals surface area (Å²) < 4.78 is 12.7. The Kier molecular flexibility index (Phi) is 4.37. The lowest BCUT2D eigenvalue weighted by Gasteiger charge is -2.17. The summed E-state index contributed by atoms with van der Waals surface area (Å²) in [6.07, 6.45) is 3.71. The van der Waals surface area contributed by atoms with E-state index in [9.17, 15) is 4.79 Å². The van der Waals surface area contributed by atoms with Crippen molar-refractivity contribution in [2.24, 2.45) is 7.05 Å². The normalized spacial score (nSPS) is 17.2. The van der Waals surface area contributed by atoms with E-state index in [2.05, 4.69) is 15.1 Å². The minimum Gasteiger partial charge on any atom is -0.477 e. The van der Waals surface area contributed by atoms with Crippen molar-refractivity contribution in [2.75, 3.05) is 20.2 Å². The second kappa shape index (κ2) is 6.46. The van der Waals surface area contributed by atoms with Gasteiger partial charge in [-0.2, -0.15) is 5.10 Å². The van der Waals surface area contributed by atoms with Crippen LogP contribution in [0.4, 0.5) is 0 Å². The van der Waals surface area contributed by atoms with Gasteiger partial charge in [0.25, 0.3) is 17.7 Å². The smallest absolute Gasteiger partial charge is 0.278 e. The summed E-state index contributed by atoms with van der Waals surface area (Å²) in [4.78, 5) is 22.8. The van der Waals surface area contributed by atoms with Crippen LogP contribution in [0.5, 0.6) is 11.8 Å². The molecule has 1 amide bonds. The monoisotopic (exact) mass is 331 g/mol. The van der Waals surface area contributed by atoms with Crippen LogP contribution in [-0.4, -0.2) is 56.9 Å². The molecule has 3 heterocycles. The van der Waals surface area contributed by atoms with E-state index in [0.717, 1.165) is 17.8 Å². The maximum absolute atomic E-state index is 12.8. The number of aryl methyl sites for hydroxylation is 2. The summed E-state index contributed by atoms with van der Waals surface area (Å²) in [5.41, 5.74) is 2.30. The van der Waals surface area contributed by atoms with Gasteiger partial charge in [-0.25, -0.2) is 9.97 Å². The van der Waals surface area contributed by atoms with Crippen molar-refractivity contribution in [3.05, 3.63) is 29.3 Å². The Bertz CT molecular complexity index is 758. The number of methoxy groups -OCH3 is 1. The van der Waals surface area contributed by atoms with Crippen molar-refractivity contribution in [3.63, 3.8) is 0 Å². The molecule has 1 atom stereocenters. The van der Waals surface area contributed by atoms with Gasteiger partial charge >= 0.3 is 0 Å². The van der Waals surface area contributed by atoms with E-state index < -0.39 is 0 Å². The highest BCUT2D eigenvalue weighted by Crippen LogP contribution is 2.25. The van der Waals surface area contributed by atoms with Gasteiger partial charge in [-0.15, -0.1) is 0 Å². The second-order valence-electron chi connectivity index (χ2n) is 5.82. The van der Waals surface area contributed by atoms with Crippen molar-refractivity contribution in [3.8, 4) is 11.8 Å². The summed E-state index contributed by atoms with van der Waals surface area (Å²) >= 11 is 0. The third-order valence-electron chi connectivity index (χ3n) is 4.26. The molecular formula is C16H21N5O3. The molecule has 3 rings (SSSR count). The lowest BCUT2D eigenvalue weighted by atomic mass is 10.2. The molecule has 1 fully saturated rings. The Morgan fingerprint density at radius 2 is 1.96 bits per heavy atom. The van der Waals surface area contributed by atoms with Crippen molar-refractivity contribution < 1.29 is 14.3 Å². The standard InChI is InChI=1S/C16H21N5O3/c1-10-13(11(2)20(3)19-10)16(22)21-8-5-12(9-21)24-15-14(23-4)17-6-7-18-15/h6-7,12H,5,8-9H2,1-4H3/t12-/m0/s1. The molecule has 0 aromatic carbocycles. The van der Waals surface area contributed by atoms with E-state index in [1.54, 1.807) is 22.0 Å². The molecule has 128 valence electrons. The molecule has 8 heteroatoms. The van der Waals surface area contributed by atoms with Gasteiger partial charge in [-0.1, -0.05) is 0 Å². The third kappa shape index (κ3) is 2.91. The highest BCUT2D eigenvalue weighted by Gasteiger charge is 2.31. The summed E-state index contributed by atoms with van der Waals surface area (Å²) in [5, 5.41) is 4.32. The van der Waals surface area contributed by atoms with Crippen LogP contribution in [0.25, 0.3) is 0 Å². The van der Waals surface area contributed by atoms with E-state index in [-0.39, 0.29) is 12.0 Å². The second-order valence-corrected chi connectivity index (χ2v) is 5.82. The molecule has 1 aliphatic heterocycles. The van der Waals surface area contributed by atoms with Gasteiger partial charge in [-0.05, 0) is 13.8 Å². The molecule has 0 aliphatic carbocycles. The van der Waals surface area contributed by atoms with Gasteiger partial charge in [-0.3, -0.25) is 9.48 Å². The van der Waals surface area contributed by atoms with Gasteiger partial charge in [0.2, 0.25) is 0 Å². The molecule has 0 N–H and O–H groups in total. The lowest BCUT2D eigenvalue weighted by molar-refractivity contribution is 0.0768. The Morgan fingerprint density at radius 3 is 2.58 bits per heavy atom. The number of carbonyl (C=O) groups excluding carboxylic acids is 1. The first-order chi connectivity index (χ1) is 11.5. The molecule has 0 radical (unpaired) electrons. The number of ether oxygens (including phenoxy) is 2. The van der Waals surface area contributed by atoms with E-state index in [1.807, 2.05) is 20.9 Å². The fourth-order valence-electron chi connectivity index (χ4n) is 2.94. The van der Waals surface area contributed by atoms with Crippen LogP contribution < -0.4 is 9.47 Å². The summed E-state index contributed by atoms with van der Waals surface area (Å²) in [6.45, 7) is 4.91. The van der Waals surface area contributed by atoms with Gasteiger partial charge in [0.1, 0.15) is 6.10 Å². The molecule has 0 bridgehead atoms. The first-order valence-corrected chi connectivity index (χ1v) is 7.82. The number of carbonyl (C=O) groups is 1. The molecule has 1 saturated heterocycles. The number of nitrogens with zero attached hydrogens (tertiary/aromatic N) is 5. The maximum atomic E-state index is 12.8. The third-order valence-corrected chi connectivity index (χ3v) is 4.26. The molecule has 2 aromatic rings. The van der Waals surface area contributed by atoms with E-state index in [0.29, 0.717) is 30.4 Å². The Balaban J connectivity index is 1.70. The zero-order chi connectivity index (χ0) is 17.3. The van der Waals surface area contributed by atoms with Crippen molar-refractivity contribution >= 4 is 5.91 Å². The number of aromatic nitrogens is 4. The van der Waals surface area contributed by atoms with Crippen LogP contribution >= 0.6 is 0 Å². The molecule has 1 aliphatic rings. The highest BCUT2D eigenvalue weighted by molar-refractivity contribution is 5.96. The fourth-order valence-corrected chi connectivity index (χ4v) is 2.94. The maximum Gasteiger partial charge on any atom is 0.278 e. The summed E-state index contributed by atoms with van der Waals surface area (Å²) in [6, 6.07) is 0. The van der Waals surface area contributed by atoms with Crippen molar-refractivity contribution in [1.29, 1.82) is 0 Å². The van der Waals surface area contributed by atoms with Gasteiger partial charge in [0.05, 0.1) is 24.9 Å². The Labute approximate surface area is 140 Å². The average molecular weight is 331 g/mol. The number of amides is 1. The lowest BCUT2D eigenvalue weighted by Crippen LogP contribution is -2.31. The first kappa shape index (κ1) is 16.2. The number of rotatable bonds is 4. The molecule has 0 unspecified atom stereocenters. The average Bonchev–Trinajstić information content (AvgIpc) is 3.13. The molecule has 0 saturated carbocycles. The predicted molar refractivity (Wildman–Crippen MR) is 86.2 cm³/mol. The van der Waals surface area contributed by atoms with E-state index in [1.165, 1.54) is 7.11 Å². The Morgan fingerprint density at radius 1 is 1.25 bits per heavy atom. The molecular weight excluding hydrogens is 310 g/mol. The fraction of sp³-hybridized carbons (Fsp3) is 0.500. The molecule has 2 aromatic heterocycles. The zero-order valence-corrected chi connectivity index (χ0v) is 14.3. The van der Waals surface area contributed by atoms with Gasteiger partial charge in [0.15, 0.2) is 0 Å². The zero-order valence-electron chi connectivity index (χ0n) is 14.3. The molecule has 8 nitrogen and oxygen atoms in total. The van der Waals surface area contributed by atoms with Crippen LogP contribution in [0.2, 0.25) is 0 Å². The Hall–Kier alpha value is -2.64. The molecule has 0 spiro atoms. The summed E-state index contributed by atoms with van der Waals surface area (Å²) in [5.74, 6) is 0.699. The van der Waals surface area contributed by atoms with Crippen LogP contribution in [-0.2, 0) is 7.05 Å². The number of hydrogen-bond donors (Lipinski definition) is 0. The van der Waals surface area contributed by atoms with Crippen LogP contribution in [0.1, 0.15) is 28.2 Å². The van der Waals surface area contributed by atoms with Crippen molar-refractivity contribution in [2.45, 2.75) is 26.4 Å². The van der Waals surface area contributed by atoms with Gasteiger partial charge in [0, 0.05) is 38.1 Å². The van der Waals surface area contributed by atoms with E-state index >= 15 is 0 Å². The number of hydrogen-bond acceptors (Lipinski definition) is 6. The van der Waals surface area contributed by atoms with Crippen LogP contribution in [0.3, 0.4) is 0 Å². The van der Waals surface area contributed by atoms with Gasteiger partial charge < -0.3 is 14.4 Å². The van der Waals surface area contributed by atoms with E-state index in [4.69, 9.17) is 9.47 Å². The SMILES string of the molecule is COc1nccnc1O[C@H]1CCN(C(=O)c2c(C)nn(C)c2C)C1. The first-order valence-electron chi connectivity index (χ1n) is 7.82. The highest BCUT2D eigenvalue weighted by atomic mass is 16.5. The number of likely N-dealkylation sites (tertiary alicyclic amines) is 1. The predicted octanol–water partition coefficient (Wildman–Crippen LogP) is 1.13.